The van der Waals surface area contributed by atoms with Crippen LogP contribution in [0.1, 0.15) is 18.9 Å². The topological polar surface area (TPSA) is 70.6 Å². The van der Waals surface area contributed by atoms with Crippen LogP contribution in [0.4, 0.5) is 0 Å². The standard InChI is InChI=1S/C15H24N2O3/c1-12(17-15(19)11-16-9-10-20-2)3-4-13-5-7-14(18)8-6-13/h5-8,12,16,18H,3-4,9-11H2,1-2H3,(H,17,19). The third-order valence-electron chi connectivity index (χ3n) is 2.98. The fourth-order valence-electron chi connectivity index (χ4n) is 1.82. The number of rotatable bonds is 9. The number of ether oxygens (including phenoxy) is 1. The second-order valence-corrected chi connectivity index (χ2v) is 4.84. The number of hydrogen-bond donors (Lipinski definition) is 3. The van der Waals surface area contributed by atoms with Crippen LogP contribution < -0.4 is 10.6 Å². The van der Waals surface area contributed by atoms with E-state index in [0.717, 1.165) is 18.4 Å². The first-order chi connectivity index (χ1) is 9.61. The first-order valence-corrected chi connectivity index (χ1v) is 6.88. The summed E-state index contributed by atoms with van der Waals surface area (Å²) in [7, 11) is 1.63. The first-order valence-electron chi connectivity index (χ1n) is 6.88. The highest BCUT2D eigenvalue weighted by Crippen LogP contribution is 2.11. The van der Waals surface area contributed by atoms with E-state index in [-0.39, 0.29) is 17.7 Å². The van der Waals surface area contributed by atoms with E-state index in [9.17, 15) is 9.90 Å². The van der Waals surface area contributed by atoms with Gasteiger partial charge in [-0.1, -0.05) is 12.1 Å². The number of phenols is 1. The molecule has 1 aromatic rings. The van der Waals surface area contributed by atoms with Gasteiger partial charge in [-0.15, -0.1) is 0 Å². The quantitative estimate of drug-likeness (QED) is 0.592. The molecule has 1 unspecified atom stereocenters. The lowest BCUT2D eigenvalue weighted by Crippen LogP contribution is -2.40. The number of aromatic hydroxyl groups is 1. The van der Waals surface area contributed by atoms with E-state index in [1.54, 1.807) is 19.2 Å². The molecule has 1 aromatic carbocycles. The molecule has 0 aromatic heterocycles. The van der Waals surface area contributed by atoms with Crippen molar-refractivity contribution in [1.82, 2.24) is 10.6 Å². The van der Waals surface area contributed by atoms with E-state index >= 15 is 0 Å². The third kappa shape index (κ3) is 7.11. The van der Waals surface area contributed by atoms with Crippen molar-refractivity contribution in [2.24, 2.45) is 0 Å². The van der Waals surface area contributed by atoms with Crippen LogP contribution in [0.5, 0.6) is 5.75 Å². The molecule has 0 saturated heterocycles. The minimum atomic E-state index is -0.000640. The highest BCUT2D eigenvalue weighted by Gasteiger charge is 2.07. The highest BCUT2D eigenvalue weighted by atomic mass is 16.5. The van der Waals surface area contributed by atoms with E-state index in [2.05, 4.69) is 10.6 Å². The molecule has 112 valence electrons. The molecule has 0 aliphatic heterocycles. The Labute approximate surface area is 120 Å². The summed E-state index contributed by atoms with van der Waals surface area (Å²) in [6, 6.07) is 7.28. The summed E-state index contributed by atoms with van der Waals surface area (Å²) in [5, 5.41) is 15.2. The number of carbonyl (C=O) groups is 1. The molecular weight excluding hydrogens is 256 g/mol. The van der Waals surface area contributed by atoms with E-state index in [1.165, 1.54) is 0 Å². The van der Waals surface area contributed by atoms with Crippen molar-refractivity contribution in [2.75, 3.05) is 26.8 Å². The fraction of sp³-hybridized carbons (Fsp3) is 0.533. The second-order valence-electron chi connectivity index (χ2n) is 4.84. The SMILES string of the molecule is COCCNCC(=O)NC(C)CCc1ccc(O)cc1. The lowest BCUT2D eigenvalue weighted by molar-refractivity contribution is -0.120. The molecule has 5 heteroatoms. The average Bonchev–Trinajstić information content (AvgIpc) is 2.43. The maximum absolute atomic E-state index is 11.6. The molecule has 0 aliphatic rings. The highest BCUT2D eigenvalue weighted by molar-refractivity contribution is 5.78. The van der Waals surface area contributed by atoms with Gasteiger partial charge in [0, 0.05) is 19.7 Å². The predicted molar refractivity (Wildman–Crippen MR) is 78.8 cm³/mol. The number of phenolic OH excluding ortho intramolecular Hbond substituents is 1. The van der Waals surface area contributed by atoms with Gasteiger partial charge < -0.3 is 20.5 Å². The van der Waals surface area contributed by atoms with Gasteiger partial charge in [0.05, 0.1) is 13.2 Å². The van der Waals surface area contributed by atoms with Crippen LogP contribution in [-0.2, 0) is 16.0 Å². The van der Waals surface area contributed by atoms with Crippen molar-refractivity contribution < 1.29 is 14.6 Å². The number of methoxy groups -OCH3 is 1. The summed E-state index contributed by atoms with van der Waals surface area (Å²) < 4.78 is 4.89. The normalized spacial score (nSPS) is 12.1. The largest absolute Gasteiger partial charge is 0.508 e. The molecule has 0 aliphatic carbocycles. The van der Waals surface area contributed by atoms with Crippen molar-refractivity contribution >= 4 is 5.91 Å². The summed E-state index contributed by atoms with van der Waals surface area (Å²) in [5.74, 6) is 0.275. The van der Waals surface area contributed by atoms with E-state index in [1.807, 2.05) is 19.1 Å². The van der Waals surface area contributed by atoms with Crippen LogP contribution in [0.3, 0.4) is 0 Å². The Balaban J connectivity index is 2.17. The number of carbonyl (C=O) groups excluding carboxylic acids is 1. The molecule has 20 heavy (non-hydrogen) atoms. The molecule has 0 bridgehead atoms. The zero-order valence-electron chi connectivity index (χ0n) is 12.2. The van der Waals surface area contributed by atoms with Crippen LogP contribution in [0.25, 0.3) is 0 Å². The van der Waals surface area contributed by atoms with Gasteiger partial charge in [-0.2, -0.15) is 0 Å². The molecule has 3 N–H and O–H groups in total. The zero-order valence-corrected chi connectivity index (χ0v) is 12.2. The van der Waals surface area contributed by atoms with Crippen LogP contribution in [0.15, 0.2) is 24.3 Å². The molecular formula is C15H24N2O3. The van der Waals surface area contributed by atoms with E-state index in [0.29, 0.717) is 19.7 Å². The lowest BCUT2D eigenvalue weighted by Gasteiger charge is -2.14. The summed E-state index contributed by atoms with van der Waals surface area (Å²) in [5.41, 5.74) is 1.15. The predicted octanol–water partition coefficient (Wildman–Crippen LogP) is 1.07. The molecule has 0 saturated carbocycles. The van der Waals surface area contributed by atoms with Crippen molar-refractivity contribution in [3.8, 4) is 5.75 Å². The Hall–Kier alpha value is -1.59. The Morgan fingerprint density at radius 2 is 2.05 bits per heavy atom. The minimum absolute atomic E-state index is 0.000640. The minimum Gasteiger partial charge on any atom is -0.508 e. The van der Waals surface area contributed by atoms with Crippen molar-refractivity contribution in [3.05, 3.63) is 29.8 Å². The molecule has 0 spiro atoms. The van der Waals surface area contributed by atoms with Gasteiger partial charge in [0.15, 0.2) is 0 Å². The smallest absolute Gasteiger partial charge is 0.234 e. The molecule has 1 rings (SSSR count). The maximum Gasteiger partial charge on any atom is 0.234 e. The van der Waals surface area contributed by atoms with Crippen molar-refractivity contribution in [1.29, 1.82) is 0 Å². The molecule has 1 amide bonds. The van der Waals surface area contributed by atoms with Crippen LogP contribution in [0.2, 0.25) is 0 Å². The van der Waals surface area contributed by atoms with Gasteiger partial charge >= 0.3 is 0 Å². The first kappa shape index (κ1) is 16.5. The molecule has 5 nitrogen and oxygen atoms in total. The van der Waals surface area contributed by atoms with Gasteiger partial charge in [0.2, 0.25) is 5.91 Å². The van der Waals surface area contributed by atoms with Gasteiger partial charge in [-0.3, -0.25) is 4.79 Å². The Morgan fingerprint density at radius 1 is 1.35 bits per heavy atom. The number of hydrogen-bond acceptors (Lipinski definition) is 4. The van der Waals surface area contributed by atoms with Crippen LogP contribution in [-0.4, -0.2) is 43.9 Å². The number of aryl methyl sites for hydroxylation is 1. The Kier molecular flexibility index (Phi) is 7.69. The Bertz CT molecular complexity index is 393. The lowest BCUT2D eigenvalue weighted by atomic mass is 10.1. The van der Waals surface area contributed by atoms with Crippen LogP contribution >= 0.6 is 0 Å². The molecule has 0 fully saturated rings. The summed E-state index contributed by atoms with van der Waals surface area (Å²) >= 11 is 0. The summed E-state index contributed by atoms with van der Waals surface area (Å²) in [4.78, 5) is 11.6. The van der Waals surface area contributed by atoms with Crippen molar-refractivity contribution in [2.45, 2.75) is 25.8 Å². The molecule has 0 heterocycles. The number of nitrogens with one attached hydrogen (secondary N) is 2. The van der Waals surface area contributed by atoms with Gasteiger partial charge in [0.25, 0.3) is 0 Å². The second kappa shape index (κ2) is 9.34. The fourth-order valence-corrected chi connectivity index (χ4v) is 1.82. The van der Waals surface area contributed by atoms with E-state index < -0.39 is 0 Å². The van der Waals surface area contributed by atoms with Gasteiger partial charge in [0.1, 0.15) is 5.75 Å². The summed E-state index contributed by atoms with van der Waals surface area (Å²) in [6.07, 6.45) is 1.74. The molecule has 1 atom stereocenters. The third-order valence-corrected chi connectivity index (χ3v) is 2.98. The van der Waals surface area contributed by atoms with Crippen molar-refractivity contribution in [3.63, 3.8) is 0 Å². The Morgan fingerprint density at radius 3 is 2.70 bits per heavy atom. The van der Waals surface area contributed by atoms with Crippen LogP contribution in [0, 0.1) is 0 Å². The van der Waals surface area contributed by atoms with Gasteiger partial charge in [-0.05, 0) is 37.5 Å². The monoisotopic (exact) mass is 280 g/mol. The summed E-state index contributed by atoms with van der Waals surface area (Å²) in [6.45, 7) is 3.58. The number of benzene rings is 1. The number of amides is 1. The average molecular weight is 280 g/mol. The maximum atomic E-state index is 11.6. The van der Waals surface area contributed by atoms with E-state index in [4.69, 9.17) is 4.74 Å². The zero-order chi connectivity index (χ0) is 14.8. The van der Waals surface area contributed by atoms with Gasteiger partial charge in [-0.25, -0.2) is 0 Å². The molecule has 0 radical (unpaired) electrons.